The Morgan fingerprint density at radius 2 is 1.75 bits per heavy atom. The average molecular weight is 381 g/mol. The summed E-state index contributed by atoms with van der Waals surface area (Å²) in [5, 5.41) is 20.7. The summed E-state index contributed by atoms with van der Waals surface area (Å²) in [5.41, 5.74) is 1.41. The maximum Gasteiger partial charge on any atom is 0.337 e. The summed E-state index contributed by atoms with van der Waals surface area (Å²) in [6.45, 7) is 0.612. The second-order valence-electron chi connectivity index (χ2n) is 7.56. The number of hydrogen-bond donors (Lipinski definition) is 2. The number of aliphatic hydroxyl groups excluding tert-OH is 2. The van der Waals surface area contributed by atoms with E-state index in [1.54, 1.807) is 29.2 Å². The molecule has 2 N–H and O–H groups in total. The summed E-state index contributed by atoms with van der Waals surface area (Å²) < 4.78 is 4.67. The summed E-state index contributed by atoms with van der Waals surface area (Å²) in [6, 6.07) is 16.1. The van der Waals surface area contributed by atoms with E-state index in [2.05, 4.69) is 4.74 Å². The van der Waals surface area contributed by atoms with Crippen molar-refractivity contribution in [1.29, 1.82) is 0 Å². The summed E-state index contributed by atoms with van der Waals surface area (Å²) >= 11 is 0. The Balaban J connectivity index is 1.54. The maximum absolute atomic E-state index is 12.9. The fraction of sp³-hybridized carbons (Fsp3) is 0.364. The molecule has 0 aromatic heterocycles. The molecule has 1 saturated heterocycles. The van der Waals surface area contributed by atoms with E-state index >= 15 is 0 Å². The van der Waals surface area contributed by atoms with Crippen molar-refractivity contribution in [3.63, 3.8) is 0 Å². The molecule has 1 aliphatic heterocycles. The van der Waals surface area contributed by atoms with Crippen LogP contribution in [0.3, 0.4) is 0 Å². The second kappa shape index (κ2) is 7.04. The van der Waals surface area contributed by atoms with E-state index in [4.69, 9.17) is 0 Å². The van der Waals surface area contributed by atoms with Gasteiger partial charge in [-0.3, -0.25) is 4.79 Å². The lowest BCUT2D eigenvalue weighted by Crippen LogP contribution is -2.29. The van der Waals surface area contributed by atoms with Crippen LogP contribution in [0.1, 0.15) is 32.2 Å². The van der Waals surface area contributed by atoms with Gasteiger partial charge in [0.15, 0.2) is 0 Å². The van der Waals surface area contributed by atoms with Crippen molar-refractivity contribution in [1.82, 2.24) is 4.90 Å². The van der Waals surface area contributed by atoms with Crippen molar-refractivity contribution in [2.75, 3.05) is 26.8 Å². The minimum absolute atomic E-state index is 0.0214. The number of methoxy groups -OCH3 is 1. The number of amides is 1. The fourth-order valence-electron chi connectivity index (χ4n) is 4.77. The minimum Gasteiger partial charge on any atom is -0.465 e. The highest BCUT2D eigenvalue weighted by atomic mass is 16.5. The SMILES string of the molecule is COC(=O)c1ccc(C(=O)N2C[C@@H](O)[C@@]3(C2)[C@H](CO)[C@H]3c2ccccc2)cc1. The highest BCUT2D eigenvalue weighted by molar-refractivity contribution is 5.96. The van der Waals surface area contributed by atoms with Crippen LogP contribution in [-0.4, -0.2) is 59.9 Å². The molecule has 2 fully saturated rings. The third kappa shape index (κ3) is 2.80. The van der Waals surface area contributed by atoms with Crippen LogP contribution in [0.2, 0.25) is 0 Å². The van der Waals surface area contributed by atoms with Gasteiger partial charge < -0.3 is 19.8 Å². The molecule has 6 heteroatoms. The molecule has 4 rings (SSSR count). The summed E-state index contributed by atoms with van der Waals surface area (Å²) in [7, 11) is 1.31. The molecule has 1 aliphatic carbocycles. The Labute approximate surface area is 163 Å². The molecule has 1 saturated carbocycles. The molecule has 4 atom stereocenters. The topological polar surface area (TPSA) is 87.1 Å². The molecule has 2 aromatic rings. The van der Waals surface area contributed by atoms with Crippen LogP contribution >= 0.6 is 0 Å². The molecule has 0 bridgehead atoms. The van der Waals surface area contributed by atoms with E-state index < -0.39 is 17.5 Å². The standard InChI is InChI=1S/C22H23NO5/c1-28-21(27)16-9-7-15(8-10-16)20(26)23-11-18(25)22(13-23)17(12-24)19(22)14-5-3-2-4-6-14/h2-10,17-19,24-25H,11-13H2,1H3/t17-,18-,19-,22-/m1/s1. The van der Waals surface area contributed by atoms with Gasteiger partial charge in [0.2, 0.25) is 0 Å². The largest absolute Gasteiger partial charge is 0.465 e. The number of likely N-dealkylation sites (tertiary alicyclic amines) is 1. The zero-order chi connectivity index (χ0) is 19.9. The average Bonchev–Trinajstić information content (AvgIpc) is 3.28. The first-order valence-corrected chi connectivity index (χ1v) is 9.34. The number of rotatable bonds is 4. The molecule has 146 valence electrons. The highest BCUT2D eigenvalue weighted by Gasteiger charge is 2.71. The Bertz CT molecular complexity index is 882. The monoisotopic (exact) mass is 381 g/mol. The maximum atomic E-state index is 12.9. The van der Waals surface area contributed by atoms with E-state index in [0.29, 0.717) is 17.7 Å². The Hall–Kier alpha value is -2.70. The van der Waals surface area contributed by atoms with Crippen molar-refractivity contribution in [3.8, 4) is 0 Å². The quantitative estimate of drug-likeness (QED) is 0.787. The van der Waals surface area contributed by atoms with Gasteiger partial charge in [0.1, 0.15) is 0 Å². The molecule has 1 spiro atoms. The number of ether oxygens (including phenoxy) is 1. The number of aliphatic hydroxyl groups is 2. The van der Waals surface area contributed by atoms with Gasteiger partial charge in [-0.1, -0.05) is 30.3 Å². The van der Waals surface area contributed by atoms with Gasteiger partial charge in [-0.05, 0) is 41.7 Å². The van der Waals surface area contributed by atoms with Gasteiger partial charge in [0, 0.05) is 30.7 Å². The van der Waals surface area contributed by atoms with E-state index in [-0.39, 0.29) is 30.9 Å². The van der Waals surface area contributed by atoms with Gasteiger partial charge in [-0.25, -0.2) is 4.79 Å². The zero-order valence-corrected chi connectivity index (χ0v) is 15.6. The van der Waals surface area contributed by atoms with E-state index in [1.165, 1.54) is 7.11 Å². The van der Waals surface area contributed by atoms with E-state index in [1.807, 2.05) is 30.3 Å². The van der Waals surface area contributed by atoms with Crippen molar-refractivity contribution in [3.05, 3.63) is 71.3 Å². The number of β-amino-alcohol motifs (C(OH)–C–C–N with tert-alkyl or cyclic N) is 1. The van der Waals surface area contributed by atoms with E-state index in [0.717, 1.165) is 5.56 Å². The first kappa shape index (κ1) is 18.7. The van der Waals surface area contributed by atoms with Gasteiger partial charge in [-0.2, -0.15) is 0 Å². The number of carbonyl (C=O) groups excluding carboxylic acids is 2. The summed E-state index contributed by atoms with van der Waals surface area (Å²) in [6.07, 6.45) is -0.687. The predicted molar refractivity (Wildman–Crippen MR) is 102 cm³/mol. The van der Waals surface area contributed by atoms with Crippen molar-refractivity contribution in [2.24, 2.45) is 11.3 Å². The van der Waals surface area contributed by atoms with Gasteiger partial charge in [0.25, 0.3) is 5.91 Å². The molecule has 0 radical (unpaired) electrons. The first-order valence-electron chi connectivity index (χ1n) is 9.34. The molecule has 0 unspecified atom stereocenters. The molecule has 1 amide bonds. The van der Waals surface area contributed by atoms with Gasteiger partial charge >= 0.3 is 5.97 Å². The van der Waals surface area contributed by atoms with Crippen molar-refractivity contribution < 1.29 is 24.5 Å². The summed E-state index contributed by atoms with van der Waals surface area (Å²) in [5.74, 6) is -0.677. The molecular weight excluding hydrogens is 358 g/mol. The van der Waals surface area contributed by atoms with Crippen LogP contribution in [0.5, 0.6) is 0 Å². The van der Waals surface area contributed by atoms with Crippen LogP contribution in [0, 0.1) is 11.3 Å². The van der Waals surface area contributed by atoms with Crippen LogP contribution in [0.25, 0.3) is 0 Å². The van der Waals surface area contributed by atoms with Crippen molar-refractivity contribution >= 4 is 11.9 Å². The molecule has 28 heavy (non-hydrogen) atoms. The second-order valence-corrected chi connectivity index (χ2v) is 7.56. The molecular formula is C22H23NO5. The number of esters is 1. The third-order valence-electron chi connectivity index (χ3n) is 6.24. The Morgan fingerprint density at radius 1 is 1.11 bits per heavy atom. The Kier molecular flexibility index (Phi) is 4.69. The zero-order valence-electron chi connectivity index (χ0n) is 15.6. The van der Waals surface area contributed by atoms with Gasteiger partial charge in [0.05, 0.1) is 18.8 Å². The summed E-state index contributed by atoms with van der Waals surface area (Å²) in [4.78, 5) is 26.1. The normalized spacial score (nSPS) is 28.4. The fourth-order valence-corrected chi connectivity index (χ4v) is 4.77. The number of benzene rings is 2. The first-order chi connectivity index (χ1) is 13.5. The molecule has 1 heterocycles. The third-order valence-corrected chi connectivity index (χ3v) is 6.24. The number of nitrogens with zero attached hydrogens (tertiary/aromatic N) is 1. The lowest BCUT2D eigenvalue weighted by Gasteiger charge is -2.17. The van der Waals surface area contributed by atoms with Crippen LogP contribution in [0.15, 0.2) is 54.6 Å². The molecule has 6 nitrogen and oxygen atoms in total. The lowest BCUT2D eigenvalue weighted by atomic mass is 9.95. The van der Waals surface area contributed by atoms with Crippen LogP contribution in [0.4, 0.5) is 0 Å². The lowest BCUT2D eigenvalue weighted by molar-refractivity contribution is 0.0600. The van der Waals surface area contributed by atoms with E-state index in [9.17, 15) is 19.8 Å². The molecule has 2 aromatic carbocycles. The molecule has 2 aliphatic rings. The van der Waals surface area contributed by atoms with Crippen LogP contribution < -0.4 is 0 Å². The minimum atomic E-state index is -0.687. The van der Waals surface area contributed by atoms with Crippen LogP contribution in [-0.2, 0) is 4.74 Å². The van der Waals surface area contributed by atoms with Gasteiger partial charge in [-0.15, -0.1) is 0 Å². The predicted octanol–water partition coefficient (Wildman–Crippen LogP) is 1.68. The number of hydrogen-bond acceptors (Lipinski definition) is 5. The smallest absolute Gasteiger partial charge is 0.337 e. The highest BCUT2D eigenvalue weighted by Crippen LogP contribution is 2.68. The van der Waals surface area contributed by atoms with Crippen molar-refractivity contribution in [2.45, 2.75) is 12.0 Å². The Morgan fingerprint density at radius 3 is 2.36 bits per heavy atom. The number of carbonyl (C=O) groups is 2.